The summed E-state index contributed by atoms with van der Waals surface area (Å²) in [6.07, 6.45) is 3.55. The Kier molecular flexibility index (Phi) is 4.91. The molecule has 5 heterocycles. The van der Waals surface area contributed by atoms with Gasteiger partial charge in [-0.25, -0.2) is 9.67 Å². The average molecular weight is 495 g/mol. The van der Waals surface area contributed by atoms with E-state index < -0.39 is 0 Å². The number of phenolic OH excluding ortho intramolecular Hbond substituents is 1. The first-order valence-electron chi connectivity index (χ1n) is 11.9. The van der Waals surface area contributed by atoms with Crippen LogP contribution in [0, 0.1) is 0 Å². The number of fused-ring (bicyclic) bond motifs is 2. The van der Waals surface area contributed by atoms with Crippen molar-refractivity contribution in [2.45, 2.75) is 6.54 Å². The second-order valence-electron chi connectivity index (χ2n) is 8.83. The van der Waals surface area contributed by atoms with Gasteiger partial charge in [-0.1, -0.05) is 23.4 Å². The molecule has 37 heavy (non-hydrogen) atoms. The number of rotatable bonds is 5. The SMILES string of the molecule is Oc1ccc(N2CCN(c3nc(-n4ncc5ccccc54)c4ncn(Cc5nn[nH]n5)c4n3)CC2)cc1. The number of hydrogen-bond acceptors (Lipinski definition) is 10. The minimum absolute atomic E-state index is 0.264. The molecular weight excluding hydrogens is 472 g/mol. The van der Waals surface area contributed by atoms with Crippen molar-refractivity contribution >= 4 is 33.7 Å². The predicted octanol–water partition coefficient (Wildman–Crippen LogP) is 1.76. The third-order valence-corrected chi connectivity index (χ3v) is 6.59. The number of phenols is 1. The first kappa shape index (κ1) is 21.2. The molecule has 13 nitrogen and oxygen atoms in total. The molecule has 4 aromatic heterocycles. The molecule has 0 amide bonds. The van der Waals surface area contributed by atoms with Crippen molar-refractivity contribution in [1.82, 2.24) is 49.9 Å². The Morgan fingerprint density at radius 2 is 1.73 bits per heavy atom. The Balaban J connectivity index is 1.28. The standard InChI is InChI=1S/C24H22N12O/c37-18-7-5-17(6-8-18)33-9-11-34(12-10-33)24-27-22-21(25-15-35(22)14-20-29-31-32-30-20)23(28-24)36-19-4-2-1-3-16(19)13-26-36/h1-8,13,15,37H,9-12,14H2,(H,29,30,31,32). The zero-order valence-electron chi connectivity index (χ0n) is 19.7. The quantitative estimate of drug-likeness (QED) is 0.364. The number of para-hydroxylation sites is 1. The molecule has 7 rings (SSSR count). The molecule has 2 N–H and O–H groups in total. The minimum Gasteiger partial charge on any atom is -0.508 e. The van der Waals surface area contributed by atoms with Crippen molar-refractivity contribution in [2.24, 2.45) is 0 Å². The fraction of sp³-hybridized carbons (Fsp3) is 0.208. The van der Waals surface area contributed by atoms with Crippen LogP contribution >= 0.6 is 0 Å². The summed E-state index contributed by atoms with van der Waals surface area (Å²) in [5.41, 5.74) is 3.34. The van der Waals surface area contributed by atoms with Crippen molar-refractivity contribution in [1.29, 1.82) is 0 Å². The van der Waals surface area contributed by atoms with E-state index in [9.17, 15) is 5.11 Å². The van der Waals surface area contributed by atoms with Crippen LogP contribution in [0.3, 0.4) is 0 Å². The number of benzene rings is 2. The first-order chi connectivity index (χ1) is 18.2. The maximum absolute atomic E-state index is 9.62. The van der Waals surface area contributed by atoms with Gasteiger partial charge in [0.25, 0.3) is 0 Å². The third kappa shape index (κ3) is 3.76. The fourth-order valence-electron chi connectivity index (χ4n) is 4.69. The lowest BCUT2D eigenvalue weighted by Crippen LogP contribution is -2.47. The number of imidazole rings is 1. The third-order valence-electron chi connectivity index (χ3n) is 6.59. The van der Waals surface area contributed by atoms with Crippen LogP contribution in [0.15, 0.2) is 61.1 Å². The van der Waals surface area contributed by atoms with Crippen molar-refractivity contribution in [3.05, 3.63) is 66.9 Å². The number of aromatic nitrogens is 10. The summed E-state index contributed by atoms with van der Waals surface area (Å²) >= 11 is 0. The van der Waals surface area contributed by atoms with E-state index in [1.165, 1.54) is 0 Å². The maximum atomic E-state index is 9.62. The van der Waals surface area contributed by atoms with Crippen LogP contribution in [-0.4, -0.2) is 81.2 Å². The van der Waals surface area contributed by atoms with E-state index in [-0.39, 0.29) is 5.75 Å². The molecular formula is C24H22N12O. The number of hydrogen-bond donors (Lipinski definition) is 2. The number of anilines is 2. The largest absolute Gasteiger partial charge is 0.508 e. The van der Waals surface area contributed by atoms with Gasteiger partial charge in [0.05, 0.1) is 24.6 Å². The zero-order chi connectivity index (χ0) is 24.8. The molecule has 0 radical (unpaired) electrons. The topological polar surface area (TPSA) is 143 Å². The van der Waals surface area contributed by atoms with Crippen LogP contribution < -0.4 is 9.80 Å². The number of H-pyrrole nitrogens is 1. The fourth-order valence-corrected chi connectivity index (χ4v) is 4.69. The summed E-state index contributed by atoms with van der Waals surface area (Å²) in [6.45, 7) is 3.45. The normalized spacial score (nSPS) is 14.2. The van der Waals surface area contributed by atoms with Crippen LogP contribution in [0.4, 0.5) is 11.6 Å². The number of aromatic hydroxyl groups is 1. The number of nitrogens with zero attached hydrogens (tertiary/aromatic N) is 11. The highest BCUT2D eigenvalue weighted by molar-refractivity contribution is 5.85. The smallest absolute Gasteiger partial charge is 0.229 e. The summed E-state index contributed by atoms with van der Waals surface area (Å²) in [5, 5.41) is 29.6. The van der Waals surface area contributed by atoms with Gasteiger partial charge >= 0.3 is 0 Å². The molecule has 0 bridgehead atoms. The van der Waals surface area contributed by atoms with Gasteiger partial charge in [-0.05, 0) is 30.3 Å². The van der Waals surface area contributed by atoms with Crippen molar-refractivity contribution < 1.29 is 5.11 Å². The average Bonchev–Trinajstić information content (AvgIpc) is 3.70. The van der Waals surface area contributed by atoms with E-state index in [1.807, 2.05) is 51.8 Å². The van der Waals surface area contributed by atoms with Gasteiger partial charge in [-0.2, -0.15) is 20.3 Å². The maximum Gasteiger partial charge on any atom is 0.229 e. The van der Waals surface area contributed by atoms with Gasteiger partial charge in [-0.3, -0.25) is 0 Å². The molecule has 1 saturated heterocycles. The lowest BCUT2D eigenvalue weighted by molar-refractivity contribution is 0.475. The van der Waals surface area contributed by atoms with Gasteiger partial charge in [0.2, 0.25) is 5.95 Å². The number of tetrazole rings is 1. The highest BCUT2D eigenvalue weighted by Gasteiger charge is 2.24. The summed E-state index contributed by atoms with van der Waals surface area (Å²) in [4.78, 5) is 19.0. The van der Waals surface area contributed by atoms with Gasteiger partial charge in [-0.15, -0.1) is 10.2 Å². The highest BCUT2D eigenvalue weighted by atomic mass is 16.3. The Labute approximate surface area is 210 Å². The van der Waals surface area contributed by atoms with Gasteiger partial charge < -0.3 is 19.5 Å². The molecule has 0 atom stereocenters. The second-order valence-corrected chi connectivity index (χ2v) is 8.83. The van der Waals surface area contributed by atoms with Gasteiger partial charge in [0.15, 0.2) is 22.8 Å². The van der Waals surface area contributed by atoms with Crippen molar-refractivity contribution in [3.63, 3.8) is 0 Å². The summed E-state index contributed by atoms with van der Waals surface area (Å²) < 4.78 is 3.72. The van der Waals surface area contributed by atoms with E-state index in [1.54, 1.807) is 18.5 Å². The van der Waals surface area contributed by atoms with E-state index in [0.717, 1.165) is 42.8 Å². The minimum atomic E-state index is 0.264. The summed E-state index contributed by atoms with van der Waals surface area (Å²) in [5.74, 6) is 2.03. The second kappa shape index (κ2) is 8.55. The Morgan fingerprint density at radius 3 is 2.54 bits per heavy atom. The Bertz CT molecular complexity index is 1680. The summed E-state index contributed by atoms with van der Waals surface area (Å²) in [7, 11) is 0. The highest BCUT2D eigenvalue weighted by Crippen LogP contribution is 2.27. The monoisotopic (exact) mass is 494 g/mol. The molecule has 2 aromatic carbocycles. The lowest BCUT2D eigenvalue weighted by atomic mass is 10.2. The van der Waals surface area contributed by atoms with Crippen LogP contribution in [0.5, 0.6) is 5.75 Å². The lowest BCUT2D eigenvalue weighted by Gasteiger charge is -2.36. The van der Waals surface area contributed by atoms with Crippen molar-refractivity contribution in [3.8, 4) is 11.6 Å². The first-order valence-corrected chi connectivity index (χ1v) is 11.9. The van der Waals surface area contributed by atoms with E-state index >= 15 is 0 Å². The number of nitrogens with one attached hydrogen (secondary N) is 1. The molecule has 6 aromatic rings. The van der Waals surface area contributed by atoms with Crippen molar-refractivity contribution in [2.75, 3.05) is 36.0 Å². The molecule has 1 aliphatic heterocycles. The molecule has 1 aliphatic rings. The van der Waals surface area contributed by atoms with Gasteiger partial charge in [0, 0.05) is 37.3 Å². The van der Waals surface area contributed by atoms with Crippen LogP contribution in [-0.2, 0) is 6.54 Å². The molecule has 1 fully saturated rings. The number of piperazine rings is 1. The van der Waals surface area contributed by atoms with E-state index in [2.05, 4.69) is 40.5 Å². The molecule has 0 unspecified atom stereocenters. The van der Waals surface area contributed by atoms with Gasteiger partial charge in [0.1, 0.15) is 5.75 Å². The molecule has 0 spiro atoms. The van der Waals surface area contributed by atoms with Crippen LogP contribution in [0.25, 0.3) is 27.9 Å². The Morgan fingerprint density at radius 1 is 0.919 bits per heavy atom. The Hall–Kier alpha value is -5.07. The van der Waals surface area contributed by atoms with Crippen LogP contribution in [0.1, 0.15) is 5.82 Å². The number of aromatic amines is 1. The predicted molar refractivity (Wildman–Crippen MR) is 136 cm³/mol. The summed E-state index contributed by atoms with van der Waals surface area (Å²) in [6, 6.07) is 15.3. The zero-order valence-corrected chi connectivity index (χ0v) is 19.7. The molecule has 0 aliphatic carbocycles. The van der Waals surface area contributed by atoms with E-state index in [4.69, 9.17) is 9.97 Å². The molecule has 184 valence electrons. The van der Waals surface area contributed by atoms with E-state index in [0.29, 0.717) is 35.3 Å². The van der Waals surface area contributed by atoms with Crippen LogP contribution in [0.2, 0.25) is 0 Å². The molecule has 13 heteroatoms. The molecule has 0 saturated carbocycles.